The van der Waals surface area contributed by atoms with Crippen molar-refractivity contribution in [3.05, 3.63) is 12.2 Å². The molecule has 0 radical (unpaired) electrons. The normalized spacial score (nSPS) is 26.1. The Morgan fingerprint density at radius 1 is 1.00 bits per heavy atom. The van der Waals surface area contributed by atoms with Crippen LogP contribution in [0.1, 0.15) is 67.2 Å². The number of aliphatic hydroxyl groups is 1. The molecule has 0 aromatic rings. The lowest BCUT2D eigenvalue weighted by Crippen LogP contribution is -2.30. The molecule has 0 saturated heterocycles. The van der Waals surface area contributed by atoms with E-state index in [-0.39, 0.29) is 18.3 Å². The van der Waals surface area contributed by atoms with Gasteiger partial charge in [-0.25, -0.2) is 4.79 Å². The van der Waals surface area contributed by atoms with Crippen LogP contribution in [0.15, 0.2) is 12.2 Å². The minimum absolute atomic E-state index is 0.0606. The van der Waals surface area contributed by atoms with Crippen LogP contribution >= 0.6 is 0 Å². The molecule has 0 amide bonds. The molecule has 1 aliphatic carbocycles. The summed E-state index contributed by atoms with van der Waals surface area (Å²) in [6, 6.07) is 0. The smallest absolute Gasteiger partial charge is 0.460 e. The number of carbonyl (C=O) groups is 2. The van der Waals surface area contributed by atoms with Gasteiger partial charge in [0.1, 0.15) is 17.3 Å². The molecule has 0 heterocycles. The zero-order chi connectivity index (χ0) is 19.3. The SMILES string of the molecule is CC(C)(C)OC(=O)CC1/C=C/C(OC(=O)OC(C)(C)C)CC(O)CC1. The van der Waals surface area contributed by atoms with Crippen LogP contribution in [0, 0.1) is 5.92 Å². The van der Waals surface area contributed by atoms with E-state index in [9.17, 15) is 14.7 Å². The summed E-state index contributed by atoms with van der Waals surface area (Å²) in [6.07, 6.45) is 3.41. The zero-order valence-corrected chi connectivity index (χ0v) is 16.2. The second-order valence-corrected chi connectivity index (χ2v) is 8.52. The van der Waals surface area contributed by atoms with Crippen molar-refractivity contribution in [2.75, 3.05) is 0 Å². The van der Waals surface area contributed by atoms with Gasteiger partial charge in [0.15, 0.2) is 0 Å². The molecule has 3 unspecified atom stereocenters. The van der Waals surface area contributed by atoms with Crippen LogP contribution in [-0.4, -0.2) is 40.6 Å². The fourth-order valence-electron chi connectivity index (χ4n) is 2.50. The Hall–Kier alpha value is -1.56. The maximum absolute atomic E-state index is 12.0. The van der Waals surface area contributed by atoms with Crippen molar-refractivity contribution < 1.29 is 28.9 Å². The standard InChI is InChI=1S/C19H32O6/c1-18(2,3)24-16(21)11-13-7-9-14(20)12-15(10-8-13)23-17(22)25-19(4,5)6/h8,10,13-15,20H,7,9,11-12H2,1-6H3/b10-8+. The van der Waals surface area contributed by atoms with Gasteiger partial charge in [-0.05, 0) is 66.4 Å². The van der Waals surface area contributed by atoms with Gasteiger partial charge < -0.3 is 19.3 Å². The molecular formula is C19H32O6. The molecule has 0 fully saturated rings. The van der Waals surface area contributed by atoms with Gasteiger partial charge in [0, 0.05) is 6.42 Å². The molecular weight excluding hydrogens is 324 g/mol. The molecule has 0 aliphatic heterocycles. The van der Waals surface area contributed by atoms with Crippen molar-refractivity contribution in [3.63, 3.8) is 0 Å². The summed E-state index contributed by atoms with van der Waals surface area (Å²) in [6.45, 7) is 10.8. The van der Waals surface area contributed by atoms with Gasteiger partial charge in [0.05, 0.1) is 12.5 Å². The van der Waals surface area contributed by atoms with E-state index in [1.165, 1.54) is 0 Å². The number of rotatable bonds is 3. The van der Waals surface area contributed by atoms with Gasteiger partial charge in [-0.3, -0.25) is 4.79 Å². The van der Waals surface area contributed by atoms with Crippen molar-refractivity contribution in [3.8, 4) is 0 Å². The van der Waals surface area contributed by atoms with Crippen LogP contribution in [0.4, 0.5) is 4.79 Å². The van der Waals surface area contributed by atoms with Crippen LogP contribution in [0.25, 0.3) is 0 Å². The molecule has 0 saturated carbocycles. The summed E-state index contributed by atoms with van der Waals surface area (Å²) >= 11 is 0. The number of aliphatic hydroxyl groups excluding tert-OH is 1. The van der Waals surface area contributed by atoms with E-state index in [0.29, 0.717) is 19.3 Å². The zero-order valence-electron chi connectivity index (χ0n) is 16.2. The highest BCUT2D eigenvalue weighted by molar-refractivity contribution is 5.70. The third-order valence-corrected chi connectivity index (χ3v) is 3.46. The lowest BCUT2D eigenvalue weighted by Gasteiger charge is -2.26. The maximum Gasteiger partial charge on any atom is 0.509 e. The Kier molecular flexibility index (Phi) is 7.47. The topological polar surface area (TPSA) is 82.1 Å². The molecule has 0 aromatic carbocycles. The first kappa shape index (κ1) is 21.5. The summed E-state index contributed by atoms with van der Waals surface area (Å²) in [5.74, 6) is -0.337. The lowest BCUT2D eigenvalue weighted by atomic mass is 9.91. The molecule has 0 spiro atoms. The monoisotopic (exact) mass is 356 g/mol. The van der Waals surface area contributed by atoms with E-state index in [1.54, 1.807) is 26.8 Å². The van der Waals surface area contributed by atoms with Crippen molar-refractivity contribution >= 4 is 12.1 Å². The maximum atomic E-state index is 12.0. The number of ether oxygens (including phenoxy) is 3. The van der Waals surface area contributed by atoms with E-state index in [1.807, 2.05) is 26.8 Å². The first-order valence-electron chi connectivity index (χ1n) is 8.82. The minimum Gasteiger partial charge on any atom is -0.460 e. The first-order valence-corrected chi connectivity index (χ1v) is 8.82. The fraction of sp³-hybridized carbons (Fsp3) is 0.789. The van der Waals surface area contributed by atoms with Crippen molar-refractivity contribution in [1.29, 1.82) is 0 Å². The first-order chi connectivity index (χ1) is 11.3. The number of esters is 1. The second kappa shape index (κ2) is 8.70. The second-order valence-electron chi connectivity index (χ2n) is 8.52. The molecule has 1 N–H and O–H groups in total. The highest BCUT2D eigenvalue weighted by atomic mass is 16.7. The third-order valence-electron chi connectivity index (χ3n) is 3.46. The fourth-order valence-corrected chi connectivity index (χ4v) is 2.50. The predicted octanol–water partition coefficient (Wildman–Crippen LogP) is 3.76. The van der Waals surface area contributed by atoms with Crippen molar-refractivity contribution in [2.45, 2.75) is 90.6 Å². The highest BCUT2D eigenvalue weighted by Crippen LogP contribution is 2.24. The van der Waals surface area contributed by atoms with Gasteiger partial charge in [-0.2, -0.15) is 0 Å². The minimum atomic E-state index is -0.765. The van der Waals surface area contributed by atoms with Crippen LogP contribution in [0.3, 0.4) is 0 Å². The van der Waals surface area contributed by atoms with Crippen molar-refractivity contribution in [2.24, 2.45) is 5.92 Å². The van der Waals surface area contributed by atoms with E-state index in [4.69, 9.17) is 14.2 Å². The van der Waals surface area contributed by atoms with Crippen molar-refractivity contribution in [1.82, 2.24) is 0 Å². The van der Waals surface area contributed by atoms with E-state index in [0.717, 1.165) is 0 Å². The molecule has 25 heavy (non-hydrogen) atoms. The molecule has 3 atom stereocenters. The van der Waals surface area contributed by atoms with Gasteiger partial charge >= 0.3 is 12.1 Å². The average Bonchev–Trinajstić information content (AvgIpc) is 2.35. The predicted molar refractivity (Wildman–Crippen MR) is 94.1 cm³/mol. The Bertz CT molecular complexity index is 483. The Morgan fingerprint density at radius 2 is 1.60 bits per heavy atom. The summed E-state index contributed by atoms with van der Waals surface area (Å²) < 4.78 is 15.8. The van der Waals surface area contributed by atoms with Crippen LogP contribution in [0.5, 0.6) is 0 Å². The molecule has 0 bridgehead atoms. The van der Waals surface area contributed by atoms with Crippen LogP contribution in [-0.2, 0) is 19.0 Å². The number of hydrogen-bond acceptors (Lipinski definition) is 6. The molecule has 0 aromatic heterocycles. The third kappa shape index (κ3) is 10.1. The molecule has 6 nitrogen and oxygen atoms in total. The van der Waals surface area contributed by atoms with E-state index < -0.39 is 29.6 Å². The number of carbonyl (C=O) groups excluding carboxylic acids is 2. The Labute approximate surface area is 150 Å². The van der Waals surface area contributed by atoms with Crippen LogP contribution in [0.2, 0.25) is 0 Å². The van der Waals surface area contributed by atoms with Gasteiger partial charge in [0.2, 0.25) is 0 Å². The summed E-state index contributed by atoms with van der Waals surface area (Å²) in [7, 11) is 0. The molecule has 1 aliphatic rings. The molecule has 1 rings (SSSR count). The van der Waals surface area contributed by atoms with E-state index in [2.05, 4.69) is 0 Å². The highest BCUT2D eigenvalue weighted by Gasteiger charge is 2.26. The Balaban J connectivity index is 2.66. The average molecular weight is 356 g/mol. The van der Waals surface area contributed by atoms with Gasteiger partial charge in [-0.1, -0.05) is 6.08 Å². The quantitative estimate of drug-likeness (QED) is 0.612. The number of allylic oxidation sites excluding steroid dienone is 1. The number of hydrogen-bond donors (Lipinski definition) is 1. The van der Waals surface area contributed by atoms with Gasteiger partial charge in [-0.15, -0.1) is 0 Å². The van der Waals surface area contributed by atoms with Gasteiger partial charge in [0.25, 0.3) is 0 Å². The van der Waals surface area contributed by atoms with E-state index >= 15 is 0 Å². The largest absolute Gasteiger partial charge is 0.509 e. The summed E-state index contributed by atoms with van der Waals surface area (Å²) in [5, 5.41) is 10.1. The molecule has 6 heteroatoms. The lowest BCUT2D eigenvalue weighted by molar-refractivity contribution is -0.155. The summed E-state index contributed by atoms with van der Waals surface area (Å²) in [5.41, 5.74) is -1.16. The summed E-state index contributed by atoms with van der Waals surface area (Å²) in [4.78, 5) is 23.8. The molecule has 144 valence electrons. The Morgan fingerprint density at radius 3 is 2.16 bits per heavy atom. The van der Waals surface area contributed by atoms with Crippen LogP contribution < -0.4 is 0 Å².